The molecular formula is C27H26F4N2O3S. The van der Waals surface area contributed by atoms with Crippen molar-refractivity contribution in [1.29, 1.82) is 0 Å². The van der Waals surface area contributed by atoms with E-state index >= 15 is 0 Å². The Morgan fingerprint density at radius 2 is 1.89 bits per heavy atom. The third kappa shape index (κ3) is 6.19. The lowest BCUT2D eigenvalue weighted by Crippen LogP contribution is -2.47. The van der Waals surface area contributed by atoms with Gasteiger partial charge in [-0.15, -0.1) is 11.3 Å². The predicted octanol–water partition coefficient (Wildman–Crippen LogP) is 5.56. The fraction of sp³-hybridized carbons (Fsp3) is 0.333. The van der Waals surface area contributed by atoms with Gasteiger partial charge in [-0.2, -0.15) is 13.2 Å². The van der Waals surface area contributed by atoms with Crippen molar-refractivity contribution in [2.24, 2.45) is 0 Å². The van der Waals surface area contributed by atoms with E-state index in [2.05, 4.69) is 0 Å². The number of ether oxygens (including phenoxy) is 1. The van der Waals surface area contributed by atoms with Crippen LogP contribution < -0.4 is 0 Å². The Bertz CT molecular complexity index is 1240. The summed E-state index contributed by atoms with van der Waals surface area (Å²) in [4.78, 5) is 31.0. The highest BCUT2D eigenvalue weighted by Crippen LogP contribution is 2.38. The van der Waals surface area contributed by atoms with Gasteiger partial charge in [-0.25, -0.2) is 4.39 Å². The van der Waals surface area contributed by atoms with Gasteiger partial charge in [0, 0.05) is 37.2 Å². The molecule has 3 aromatic rings. The zero-order valence-electron chi connectivity index (χ0n) is 20.1. The lowest BCUT2D eigenvalue weighted by atomic mass is 9.93. The third-order valence-corrected chi connectivity index (χ3v) is 7.30. The molecule has 0 aliphatic carbocycles. The van der Waals surface area contributed by atoms with E-state index in [9.17, 15) is 27.2 Å². The van der Waals surface area contributed by atoms with Crippen LogP contribution in [0.4, 0.5) is 17.6 Å². The molecule has 4 rings (SSSR count). The second-order valence-electron chi connectivity index (χ2n) is 8.74. The summed E-state index contributed by atoms with van der Waals surface area (Å²) in [6, 6.07) is 11.6. The van der Waals surface area contributed by atoms with Crippen molar-refractivity contribution in [2.45, 2.75) is 25.1 Å². The molecular weight excluding hydrogens is 508 g/mol. The molecule has 0 saturated heterocycles. The molecule has 0 fully saturated rings. The Morgan fingerprint density at radius 3 is 2.59 bits per heavy atom. The van der Waals surface area contributed by atoms with E-state index in [-0.39, 0.29) is 30.4 Å². The Hall–Kier alpha value is -3.24. The third-order valence-electron chi connectivity index (χ3n) is 6.30. The molecule has 5 nitrogen and oxygen atoms in total. The highest BCUT2D eigenvalue weighted by Gasteiger charge is 2.35. The van der Waals surface area contributed by atoms with E-state index in [1.54, 1.807) is 28.4 Å². The van der Waals surface area contributed by atoms with Crippen LogP contribution >= 0.6 is 11.3 Å². The summed E-state index contributed by atoms with van der Waals surface area (Å²) in [7, 11) is 1.50. The molecule has 10 heteroatoms. The smallest absolute Gasteiger partial charge is 0.385 e. The zero-order valence-corrected chi connectivity index (χ0v) is 20.9. The number of alkyl halides is 3. The van der Waals surface area contributed by atoms with Crippen molar-refractivity contribution in [3.8, 4) is 0 Å². The quantitative estimate of drug-likeness (QED) is 0.281. The Labute approximate surface area is 216 Å². The van der Waals surface area contributed by atoms with Gasteiger partial charge in [0.05, 0.1) is 11.6 Å². The van der Waals surface area contributed by atoms with Crippen LogP contribution in [0, 0.1) is 5.82 Å². The number of halogens is 4. The van der Waals surface area contributed by atoms with Crippen LogP contribution in [0.15, 0.2) is 60.0 Å². The molecule has 0 spiro atoms. The first kappa shape index (κ1) is 26.8. The largest absolute Gasteiger partial charge is 0.416 e. The number of nitrogens with zero attached hydrogens (tertiary/aromatic N) is 2. The van der Waals surface area contributed by atoms with E-state index in [0.717, 1.165) is 28.1 Å². The summed E-state index contributed by atoms with van der Waals surface area (Å²) in [5.41, 5.74) is 0.614. The first-order valence-electron chi connectivity index (χ1n) is 11.8. The number of hydrogen-bond donors (Lipinski definition) is 0. The molecule has 2 amide bonds. The van der Waals surface area contributed by atoms with E-state index in [4.69, 9.17) is 4.74 Å². The van der Waals surface area contributed by atoms with Gasteiger partial charge in [0.2, 0.25) is 5.91 Å². The Kier molecular flexibility index (Phi) is 8.29. The summed E-state index contributed by atoms with van der Waals surface area (Å²) in [6.45, 7) is 0.544. The molecule has 1 atom stereocenters. The highest BCUT2D eigenvalue weighted by atomic mass is 32.1. The fourth-order valence-electron chi connectivity index (χ4n) is 4.51. The van der Waals surface area contributed by atoms with Gasteiger partial charge >= 0.3 is 6.18 Å². The van der Waals surface area contributed by atoms with Gasteiger partial charge in [-0.05, 0) is 65.7 Å². The van der Waals surface area contributed by atoms with Gasteiger partial charge in [0.25, 0.3) is 5.91 Å². The van der Waals surface area contributed by atoms with Crippen molar-refractivity contribution in [3.05, 3.63) is 92.9 Å². The van der Waals surface area contributed by atoms with Crippen LogP contribution in [0.25, 0.3) is 0 Å². The van der Waals surface area contributed by atoms with Crippen LogP contribution in [0.1, 0.15) is 44.4 Å². The minimum absolute atomic E-state index is 0.132. The van der Waals surface area contributed by atoms with Crippen LogP contribution in [-0.4, -0.2) is 55.0 Å². The van der Waals surface area contributed by atoms with Crippen LogP contribution in [0.5, 0.6) is 0 Å². The molecule has 196 valence electrons. The minimum atomic E-state index is -4.60. The number of rotatable bonds is 8. The maximum absolute atomic E-state index is 13.6. The maximum Gasteiger partial charge on any atom is 0.416 e. The average Bonchev–Trinajstić information content (AvgIpc) is 3.36. The summed E-state index contributed by atoms with van der Waals surface area (Å²) in [6.07, 6.45) is -3.55. The van der Waals surface area contributed by atoms with Gasteiger partial charge in [0.15, 0.2) is 0 Å². The molecule has 1 aromatic heterocycles. The second kappa shape index (κ2) is 11.4. The fourth-order valence-corrected chi connectivity index (χ4v) is 5.41. The molecule has 0 bridgehead atoms. The SMILES string of the molecule is COCCCN(CC(=O)N1CCc2sccc2C1c1ccc(F)cc1)C(=O)c1cccc(C(F)(F)F)c1. The van der Waals surface area contributed by atoms with Gasteiger partial charge in [-0.1, -0.05) is 18.2 Å². The van der Waals surface area contributed by atoms with Gasteiger partial charge in [0.1, 0.15) is 12.4 Å². The first-order valence-corrected chi connectivity index (χ1v) is 12.6. The molecule has 37 heavy (non-hydrogen) atoms. The Balaban J connectivity index is 1.61. The van der Waals surface area contributed by atoms with Crippen molar-refractivity contribution in [2.75, 3.05) is 33.4 Å². The number of fused-ring (bicyclic) bond motifs is 1. The lowest BCUT2D eigenvalue weighted by molar-refractivity contribution is -0.137. The molecule has 0 saturated carbocycles. The predicted molar refractivity (Wildman–Crippen MR) is 132 cm³/mol. The van der Waals surface area contributed by atoms with E-state index in [1.165, 1.54) is 36.3 Å². The first-order chi connectivity index (χ1) is 17.7. The van der Waals surface area contributed by atoms with Crippen LogP contribution in [0.3, 0.4) is 0 Å². The highest BCUT2D eigenvalue weighted by molar-refractivity contribution is 7.10. The van der Waals surface area contributed by atoms with Crippen molar-refractivity contribution < 1.29 is 31.9 Å². The monoisotopic (exact) mass is 534 g/mol. The molecule has 2 aromatic carbocycles. The van der Waals surface area contributed by atoms with Crippen molar-refractivity contribution in [3.63, 3.8) is 0 Å². The summed E-state index contributed by atoms with van der Waals surface area (Å²) in [5.74, 6) is -1.40. The van der Waals surface area contributed by atoms with Crippen molar-refractivity contribution >= 4 is 23.2 Å². The van der Waals surface area contributed by atoms with Gasteiger partial charge < -0.3 is 14.5 Å². The molecule has 1 unspecified atom stereocenters. The molecule has 1 aliphatic heterocycles. The number of benzene rings is 2. The number of thiophene rings is 1. The molecule has 0 radical (unpaired) electrons. The summed E-state index contributed by atoms with van der Waals surface area (Å²) < 4.78 is 58.4. The zero-order chi connectivity index (χ0) is 26.6. The standard InChI is InChI=1S/C27H26F4N2O3S/c1-36-14-3-12-32(26(35)19-4-2-5-20(16-19)27(29,30)31)17-24(34)33-13-10-23-22(11-15-37-23)25(33)18-6-8-21(28)9-7-18/h2,4-9,11,15-16,25H,3,10,12-14,17H2,1H3. The van der Waals surface area contributed by atoms with Crippen LogP contribution in [0.2, 0.25) is 0 Å². The molecule has 2 heterocycles. The number of hydrogen-bond acceptors (Lipinski definition) is 4. The number of methoxy groups -OCH3 is 1. The average molecular weight is 535 g/mol. The number of carbonyl (C=O) groups is 2. The molecule has 0 N–H and O–H groups in total. The van der Waals surface area contributed by atoms with Crippen molar-refractivity contribution in [1.82, 2.24) is 9.80 Å². The van der Waals surface area contributed by atoms with Crippen LogP contribution in [-0.2, 0) is 22.1 Å². The van der Waals surface area contributed by atoms with Gasteiger partial charge in [-0.3, -0.25) is 9.59 Å². The number of carbonyl (C=O) groups excluding carboxylic acids is 2. The van der Waals surface area contributed by atoms with E-state index < -0.39 is 23.7 Å². The van der Waals surface area contributed by atoms with E-state index in [1.807, 2.05) is 11.4 Å². The maximum atomic E-state index is 13.6. The summed E-state index contributed by atoms with van der Waals surface area (Å²) in [5, 5.41) is 1.95. The lowest BCUT2D eigenvalue weighted by Gasteiger charge is -2.37. The van der Waals surface area contributed by atoms with E-state index in [0.29, 0.717) is 26.0 Å². The second-order valence-corrected chi connectivity index (χ2v) is 9.74. The molecule has 1 aliphatic rings. The topological polar surface area (TPSA) is 49.9 Å². The minimum Gasteiger partial charge on any atom is -0.385 e. The summed E-state index contributed by atoms with van der Waals surface area (Å²) >= 11 is 1.59. The normalized spacial score (nSPS) is 15.4. The number of amides is 2. The Morgan fingerprint density at radius 1 is 1.14 bits per heavy atom.